The van der Waals surface area contributed by atoms with Crippen LogP contribution in [-0.2, 0) is 0 Å². The van der Waals surface area contributed by atoms with Crippen molar-refractivity contribution in [2.45, 2.75) is 38.4 Å². The second-order valence-electron chi connectivity index (χ2n) is 4.46. The van der Waals surface area contributed by atoms with Gasteiger partial charge in [0, 0.05) is 0 Å². The summed E-state index contributed by atoms with van der Waals surface area (Å²) in [7, 11) is 0. The molecule has 1 aromatic carbocycles. The highest BCUT2D eigenvalue weighted by molar-refractivity contribution is 5.91. The van der Waals surface area contributed by atoms with Gasteiger partial charge in [-0.05, 0) is 38.3 Å². The molecule has 17 heavy (non-hydrogen) atoms. The number of aryl methyl sites for hydroxylation is 1. The Morgan fingerprint density at radius 1 is 1.41 bits per heavy atom. The summed E-state index contributed by atoms with van der Waals surface area (Å²) in [5.41, 5.74) is 1.03. The molecule has 0 spiro atoms. The van der Waals surface area contributed by atoms with Crippen molar-refractivity contribution >= 4 is 5.97 Å². The lowest BCUT2D eigenvalue weighted by atomic mass is 10.1. The minimum Gasteiger partial charge on any atom is -0.487 e. The summed E-state index contributed by atoms with van der Waals surface area (Å²) >= 11 is 0. The van der Waals surface area contributed by atoms with Gasteiger partial charge in [-0.2, -0.15) is 0 Å². The first-order valence-corrected chi connectivity index (χ1v) is 5.76. The minimum atomic E-state index is -1.00. The number of ether oxygens (including phenoxy) is 1. The van der Waals surface area contributed by atoms with E-state index in [1.54, 1.807) is 12.1 Å². The van der Waals surface area contributed by atoms with E-state index in [0.717, 1.165) is 24.8 Å². The van der Waals surface area contributed by atoms with Crippen molar-refractivity contribution in [2.75, 3.05) is 0 Å². The standard InChI is InChI=1S/C13H16O4/c1-8-5-6-11(9(7-8)13(15)16)17-12-4-2-3-10(12)14/h5-7,10,12,14H,2-4H2,1H3,(H,15,16). The van der Waals surface area contributed by atoms with Crippen molar-refractivity contribution in [1.82, 2.24) is 0 Å². The van der Waals surface area contributed by atoms with Gasteiger partial charge in [-0.15, -0.1) is 0 Å². The quantitative estimate of drug-likeness (QED) is 0.842. The molecule has 0 radical (unpaired) electrons. The highest BCUT2D eigenvalue weighted by Gasteiger charge is 2.28. The van der Waals surface area contributed by atoms with Crippen LogP contribution in [0.1, 0.15) is 35.2 Å². The first-order chi connectivity index (χ1) is 8.08. The monoisotopic (exact) mass is 236 g/mol. The number of hydrogen-bond acceptors (Lipinski definition) is 3. The Labute approximate surface area is 99.8 Å². The third-order valence-electron chi connectivity index (χ3n) is 3.06. The zero-order chi connectivity index (χ0) is 12.4. The van der Waals surface area contributed by atoms with Gasteiger partial charge in [0.25, 0.3) is 0 Å². The molecule has 1 aliphatic rings. The summed E-state index contributed by atoms with van der Waals surface area (Å²) in [4.78, 5) is 11.1. The van der Waals surface area contributed by atoms with Gasteiger partial charge in [-0.25, -0.2) is 4.79 Å². The fraction of sp³-hybridized carbons (Fsp3) is 0.462. The number of carboxylic acid groups (broad SMARTS) is 1. The van der Waals surface area contributed by atoms with Crippen LogP contribution in [0.3, 0.4) is 0 Å². The molecule has 4 heteroatoms. The molecule has 0 heterocycles. The van der Waals surface area contributed by atoms with Crippen LogP contribution in [0, 0.1) is 6.92 Å². The van der Waals surface area contributed by atoms with Gasteiger partial charge in [0.1, 0.15) is 17.4 Å². The van der Waals surface area contributed by atoms with Crippen molar-refractivity contribution in [3.05, 3.63) is 29.3 Å². The minimum absolute atomic E-state index is 0.157. The number of rotatable bonds is 3. The highest BCUT2D eigenvalue weighted by atomic mass is 16.5. The summed E-state index contributed by atoms with van der Waals surface area (Å²) < 4.78 is 5.60. The molecule has 2 N–H and O–H groups in total. The number of aromatic carboxylic acids is 1. The maximum Gasteiger partial charge on any atom is 0.339 e. The van der Waals surface area contributed by atoms with Gasteiger partial charge in [0.2, 0.25) is 0 Å². The zero-order valence-electron chi connectivity index (χ0n) is 9.72. The van der Waals surface area contributed by atoms with Gasteiger partial charge >= 0.3 is 5.97 Å². The van der Waals surface area contributed by atoms with Crippen LogP contribution in [0.5, 0.6) is 5.75 Å². The molecule has 2 atom stereocenters. The third-order valence-corrected chi connectivity index (χ3v) is 3.06. The molecule has 0 amide bonds. The van der Waals surface area contributed by atoms with Crippen molar-refractivity contribution in [1.29, 1.82) is 0 Å². The Hall–Kier alpha value is -1.55. The molecular weight excluding hydrogens is 220 g/mol. The first kappa shape index (κ1) is 11.9. The van der Waals surface area contributed by atoms with Crippen molar-refractivity contribution in [3.8, 4) is 5.75 Å². The van der Waals surface area contributed by atoms with Crippen LogP contribution in [0.15, 0.2) is 18.2 Å². The lowest BCUT2D eigenvalue weighted by Crippen LogP contribution is -2.26. The Morgan fingerprint density at radius 3 is 2.76 bits per heavy atom. The molecule has 0 saturated heterocycles. The van der Waals surface area contributed by atoms with E-state index in [-0.39, 0.29) is 11.7 Å². The molecule has 2 unspecified atom stereocenters. The van der Waals surface area contributed by atoms with E-state index in [4.69, 9.17) is 9.84 Å². The number of carboxylic acids is 1. The number of carbonyl (C=O) groups is 1. The Morgan fingerprint density at radius 2 is 2.18 bits per heavy atom. The molecule has 2 rings (SSSR count). The molecule has 0 aliphatic heterocycles. The molecule has 4 nitrogen and oxygen atoms in total. The SMILES string of the molecule is Cc1ccc(OC2CCCC2O)c(C(=O)O)c1. The van der Waals surface area contributed by atoms with E-state index in [1.165, 1.54) is 0 Å². The van der Waals surface area contributed by atoms with Gasteiger partial charge in [0.05, 0.1) is 6.10 Å². The van der Waals surface area contributed by atoms with Crippen LogP contribution in [0.2, 0.25) is 0 Å². The summed E-state index contributed by atoms with van der Waals surface area (Å²) in [5, 5.41) is 18.7. The number of aliphatic hydroxyl groups excluding tert-OH is 1. The molecular formula is C13H16O4. The van der Waals surface area contributed by atoms with E-state index < -0.39 is 12.1 Å². The van der Waals surface area contributed by atoms with E-state index in [9.17, 15) is 9.90 Å². The van der Waals surface area contributed by atoms with E-state index in [1.807, 2.05) is 13.0 Å². The van der Waals surface area contributed by atoms with Crippen LogP contribution >= 0.6 is 0 Å². The molecule has 1 fully saturated rings. The molecule has 0 bridgehead atoms. The smallest absolute Gasteiger partial charge is 0.339 e. The Bertz CT molecular complexity index is 427. The van der Waals surface area contributed by atoms with E-state index in [0.29, 0.717) is 5.75 Å². The molecule has 1 aromatic rings. The second kappa shape index (κ2) is 4.75. The summed E-state index contributed by atoms with van der Waals surface area (Å²) in [6, 6.07) is 5.05. The number of benzene rings is 1. The van der Waals surface area contributed by atoms with Gasteiger partial charge in [-0.1, -0.05) is 11.6 Å². The normalized spacial score (nSPS) is 23.6. The summed E-state index contributed by atoms with van der Waals surface area (Å²) in [6.07, 6.45) is 1.64. The van der Waals surface area contributed by atoms with Crippen molar-refractivity contribution in [2.24, 2.45) is 0 Å². The maximum absolute atomic E-state index is 11.1. The van der Waals surface area contributed by atoms with E-state index in [2.05, 4.69) is 0 Å². The van der Waals surface area contributed by atoms with E-state index >= 15 is 0 Å². The topological polar surface area (TPSA) is 66.8 Å². The number of aliphatic hydroxyl groups is 1. The maximum atomic E-state index is 11.1. The Kier molecular flexibility index (Phi) is 3.33. The fourth-order valence-corrected chi connectivity index (χ4v) is 2.12. The lowest BCUT2D eigenvalue weighted by molar-refractivity contribution is 0.0560. The average Bonchev–Trinajstić information content (AvgIpc) is 2.67. The van der Waals surface area contributed by atoms with Crippen LogP contribution in [0.25, 0.3) is 0 Å². The summed E-state index contributed by atoms with van der Waals surface area (Å²) in [5.74, 6) is -0.662. The number of hydrogen-bond donors (Lipinski definition) is 2. The van der Waals surface area contributed by atoms with Crippen molar-refractivity contribution < 1.29 is 19.7 Å². The fourth-order valence-electron chi connectivity index (χ4n) is 2.12. The highest BCUT2D eigenvalue weighted by Crippen LogP contribution is 2.27. The molecule has 1 aliphatic carbocycles. The predicted molar refractivity (Wildman–Crippen MR) is 62.4 cm³/mol. The Balaban J connectivity index is 2.22. The first-order valence-electron chi connectivity index (χ1n) is 5.76. The van der Waals surface area contributed by atoms with Gasteiger partial charge in [-0.3, -0.25) is 0 Å². The largest absolute Gasteiger partial charge is 0.487 e. The average molecular weight is 236 g/mol. The summed E-state index contributed by atoms with van der Waals surface area (Å²) in [6.45, 7) is 1.83. The molecule has 0 aromatic heterocycles. The zero-order valence-corrected chi connectivity index (χ0v) is 9.72. The predicted octanol–water partition coefficient (Wildman–Crippen LogP) is 1.99. The molecule has 1 saturated carbocycles. The lowest BCUT2D eigenvalue weighted by Gasteiger charge is -2.18. The van der Waals surface area contributed by atoms with Crippen LogP contribution in [-0.4, -0.2) is 28.4 Å². The van der Waals surface area contributed by atoms with Crippen LogP contribution in [0.4, 0.5) is 0 Å². The van der Waals surface area contributed by atoms with Crippen LogP contribution < -0.4 is 4.74 Å². The third kappa shape index (κ3) is 2.58. The van der Waals surface area contributed by atoms with Gasteiger partial charge < -0.3 is 14.9 Å². The van der Waals surface area contributed by atoms with Crippen molar-refractivity contribution in [3.63, 3.8) is 0 Å². The molecule has 92 valence electrons. The van der Waals surface area contributed by atoms with Gasteiger partial charge in [0.15, 0.2) is 0 Å². The second-order valence-corrected chi connectivity index (χ2v) is 4.46.